The van der Waals surface area contributed by atoms with Crippen LogP contribution in [0.15, 0.2) is 42.7 Å². The Morgan fingerprint density at radius 3 is 2.54 bits per heavy atom. The summed E-state index contributed by atoms with van der Waals surface area (Å²) in [6, 6.07) is 10.7. The van der Waals surface area contributed by atoms with Crippen molar-refractivity contribution < 1.29 is 4.79 Å². The van der Waals surface area contributed by atoms with Crippen LogP contribution in [0.3, 0.4) is 0 Å². The minimum atomic E-state index is -0.153. The Hall–Kier alpha value is -2.47. The minimum absolute atomic E-state index is 0.153. The molecule has 0 radical (unpaired) electrons. The van der Waals surface area contributed by atoms with Gasteiger partial charge in [0.25, 0.3) is 5.91 Å². The van der Waals surface area contributed by atoms with Gasteiger partial charge in [0.15, 0.2) is 0 Å². The van der Waals surface area contributed by atoms with E-state index in [0.29, 0.717) is 12.2 Å². The maximum Gasteiger partial charge on any atom is 0.271 e. The van der Waals surface area contributed by atoms with Gasteiger partial charge in [-0.25, -0.2) is 9.97 Å². The van der Waals surface area contributed by atoms with Crippen LogP contribution >= 0.6 is 0 Å². The van der Waals surface area contributed by atoms with E-state index in [4.69, 9.17) is 0 Å². The third-order valence-electron chi connectivity index (χ3n) is 5.24. The molecule has 3 rings (SSSR count). The molecule has 1 amide bonds. The highest BCUT2D eigenvalue weighted by molar-refractivity contribution is 5.91. The number of nitrogens with zero attached hydrogens (tertiary/aromatic N) is 4. The van der Waals surface area contributed by atoms with Crippen molar-refractivity contribution in [1.29, 1.82) is 0 Å². The van der Waals surface area contributed by atoms with Crippen molar-refractivity contribution in [3.8, 4) is 0 Å². The molecule has 0 atom stereocenters. The van der Waals surface area contributed by atoms with Gasteiger partial charge in [-0.2, -0.15) is 0 Å². The zero-order valence-electron chi connectivity index (χ0n) is 17.0. The summed E-state index contributed by atoms with van der Waals surface area (Å²) in [5.41, 5.74) is 1.80. The predicted octanol–water partition coefficient (Wildman–Crippen LogP) is 2.62. The molecule has 0 saturated carbocycles. The molecule has 1 aliphatic rings. The highest BCUT2D eigenvalue weighted by Crippen LogP contribution is 2.24. The molecule has 150 valence electrons. The second kappa shape index (κ2) is 10.2. The zero-order valence-corrected chi connectivity index (χ0v) is 17.0. The summed E-state index contributed by atoms with van der Waals surface area (Å²) in [5, 5.41) is 2.90. The van der Waals surface area contributed by atoms with Gasteiger partial charge in [0.1, 0.15) is 11.5 Å². The fourth-order valence-electron chi connectivity index (χ4n) is 3.60. The number of aromatic nitrogens is 2. The van der Waals surface area contributed by atoms with Crippen molar-refractivity contribution in [3.05, 3.63) is 54.0 Å². The van der Waals surface area contributed by atoms with Crippen molar-refractivity contribution in [3.63, 3.8) is 0 Å². The molecule has 1 N–H and O–H groups in total. The number of piperidine rings is 1. The van der Waals surface area contributed by atoms with Crippen LogP contribution in [0.2, 0.25) is 0 Å². The number of anilines is 1. The molecular formula is C22H31N5O. The molecule has 0 unspecified atom stereocenters. The van der Waals surface area contributed by atoms with Crippen molar-refractivity contribution in [2.24, 2.45) is 5.92 Å². The van der Waals surface area contributed by atoms with Gasteiger partial charge in [-0.3, -0.25) is 4.79 Å². The normalized spacial score (nSPS) is 15.0. The molecule has 28 heavy (non-hydrogen) atoms. The molecule has 1 aromatic heterocycles. The Bertz CT molecular complexity index is 724. The molecule has 0 spiro atoms. The molecule has 1 saturated heterocycles. The maximum atomic E-state index is 12.2. The number of hydrogen-bond acceptors (Lipinski definition) is 5. The fourth-order valence-corrected chi connectivity index (χ4v) is 3.60. The second-order valence-electron chi connectivity index (χ2n) is 7.79. The molecule has 6 heteroatoms. The Morgan fingerprint density at radius 2 is 1.89 bits per heavy atom. The third-order valence-corrected chi connectivity index (χ3v) is 5.24. The summed E-state index contributed by atoms with van der Waals surface area (Å²) in [5.74, 6) is 1.43. The Balaban J connectivity index is 1.44. The Morgan fingerprint density at radius 1 is 1.14 bits per heavy atom. The fraction of sp³-hybridized carbons (Fsp3) is 0.500. The Labute approximate surface area is 168 Å². The van der Waals surface area contributed by atoms with Crippen LogP contribution in [0, 0.1) is 5.92 Å². The molecule has 2 heterocycles. The van der Waals surface area contributed by atoms with E-state index in [0.717, 1.165) is 57.1 Å². The lowest BCUT2D eigenvalue weighted by atomic mass is 9.90. The number of nitrogens with one attached hydrogen (secondary N) is 1. The van der Waals surface area contributed by atoms with Crippen LogP contribution in [-0.4, -0.2) is 61.0 Å². The van der Waals surface area contributed by atoms with Crippen LogP contribution in [0.5, 0.6) is 0 Å². The average Bonchev–Trinajstić information content (AvgIpc) is 2.72. The van der Waals surface area contributed by atoms with Crippen LogP contribution in [0.25, 0.3) is 0 Å². The van der Waals surface area contributed by atoms with E-state index in [-0.39, 0.29) is 5.91 Å². The van der Waals surface area contributed by atoms with Crippen LogP contribution in [-0.2, 0) is 6.42 Å². The largest absolute Gasteiger partial charge is 0.355 e. The van der Waals surface area contributed by atoms with Crippen molar-refractivity contribution in [2.75, 3.05) is 45.2 Å². The van der Waals surface area contributed by atoms with E-state index >= 15 is 0 Å². The number of benzene rings is 1. The molecule has 0 bridgehead atoms. The lowest BCUT2D eigenvalue weighted by molar-refractivity contribution is 0.0947. The first-order valence-corrected chi connectivity index (χ1v) is 10.2. The van der Waals surface area contributed by atoms with E-state index in [1.165, 1.54) is 5.56 Å². The summed E-state index contributed by atoms with van der Waals surface area (Å²) in [7, 11) is 4.05. The Kier molecular flexibility index (Phi) is 7.37. The van der Waals surface area contributed by atoms with Crippen LogP contribution < -0.4 is 10.2 Å². The lowest BCUT2D eigenvalue weighted by Crippen LogP contribution is -2.35. The van der Waals surface area contributed by atoms with Crippen LogP contribution in [0.1, 0.15) is 35.3 Å². The third kappa shape index (κ3) is 6.02. The highest BCUT2D eigenvalue weighted by atomic mass is 16.1. The molecule has 2 aromatic rings. The number of rotatable bonds is 8. The highest BCUT2D eigenvalue weighted by Gasteiger charge is 2.21. The molecule has 1 aromatic carbocycles. The van der Waals surface area contributed by atoms with Gasteiger partial charge in [-0.05, 0) is 57.8 Å². The summed E-state index contributed by atoms with van der Waals surface area (Å²) in [4.78, 5) is 25.3. The van der Waals surface area contributed by atoms with Gasteiger partial charge in [0.2, 0.25) is 0 Å². The van der Waals surface area contributed by atoms with E-state index in [9.17, 15) is 4.79 Å². The second-order valence-corrected chi connectivity index (χ2v) is 7.79. The molecule has 6 nitrogen and oxygen atoms in total. The minimum Gasteiger partial charge on any atom is -0.355 e. The standard InChI is InChI=1S/C22H31N5O/c1-26(2)12-6-11-23-22(28)20-16-25-21(17-24-20)27-13-9-19(10-14-27)15-18-7-4-3-5-8-18/h3-5,7-8,16-17,19H,6,9-15H2,1-2H3,(H,23,28). The molecule has 1 fully saturated rings. The number of carbonyl (C=O) groups is 1. The van der Waals surface area contributed by atoms with Gasteiger partial charge in [-0.1, -0.05) is 30.3 Å². The van der Waals surface area contributed by atoms with Crippen LogP contribution in [0.4, 0.5) is 5.82 Å². The summed E-state index contributed by atoms with van der Waals surface area (Å²) >= 11 is 0. The first-order valence-electron chi connectivity index (χ1n) is 10.2. The van der Waals surface area contributed by atoms with Gasteiger partial charge in [0, 0.05) is 19.6 Å². The smallest absolute Gasteiger partial charge is 0.271 e. The maximum absolute atomic E-state index is 12.2. The SMILES string of the molecule is CN(C)CCCNC(=O)c1cnc(N2CCC(Cc3ccccc3)CC2)cn1. The van der Waals surface area contributed by atoms with Gasteiger partial charge in [0.05, 0.1) is 12.4 Å². The zero-order chi connectivity index (χ0) is 19.8. The summed E-state index contributed by atoms with van der Waals surface area (Å²) in [6.07, 6.45) is 7.70. The van der Waals surface area contributed by atoms with E-state index in [1.807, 2.05) is 14.1 Å². The first kappa shape index (κ1) is 20.3. The average molecular weight is 382 g/mol. The number of amides is 1. The predicted molar refractivity (Wildman–Crippen MR) is 113 cm³/mol. The van der Waals surface area contributed by atoms with Gasteiger partial charge < -0.3 is 15.1 Å². The van der Waals surface area contributed by atoms with E-state index in [2.05, 4.69) is 55.4 Å². The molecule has 1 aliphatic heterocycles. The monoisotopic (exact) mass is 381 g/mol. The lowest BCUT2D eigenvalue weighted by Gasteiger charge is -2.32. The summed E-state index contributed by atoms with van der Waals surface area (Å²) in [6.45, 7) is 3.57. The molecule has 0 aliphatic carbocycles. The first-order chi connectivity index (χ1) is 13.6. The van der Waals surface area contributed by atoms with Crippen molar-refractivity contribution in [1.82, 2.24) is 20.2 Å². The van der Waals surface area contributed by atoms with Crippen molar-refractivity contribution >= 4 is 11.7 Å². The van der Waals surface area contributed by atoms with Gasteiger partial charge >= 0.3 is 0 Å². The topological polar surface area (TPSA) is 61.4 Å². The van der Waals surface area contributed by atoms with E-state index < -0.39 is 0 Å². The van der Waals surface area contributed by atoms with Crippen molar-refractivity contribution in [2.45, 2.75) is 25.7 Å². The molecular weight excluding hydrogens is 350 g/mol. The quantitative estimate of drug-likeness (QED) is 0.712. The number of hydrogen-bond donors (Lipinski definition) is 1. The van der Waals surface area contributed by atoms with Gasteiger partial charge in [-0.15, -0.1) is 0 Å². The van der Waals surface area contributed by atoms with E-state index in [1.54, 1.807) is 12.4 Å². The summed E-state index contributed by atoms with van der Waals surface area (Å²) < 4.78 is 0. The number of carbonyl (C=O) groups excluding carboxylic acids is 1.